The number of carbonyl (C=O) groups excluding carboxylic acids is 1. The molecule has 1 aliphatic carbocycles. The molecule has 4 nitrogen and oxygen atoms in total. The number of aryl methyl sites for hydroxylation is 1. The molecule has 0 saturated heterocycles. The third-order valence-electron chi connectivity index (χ3n) is 4.46. The molecule has 122 valence electrons. The number of aliphatic hydroxyl groups excluding tert-OH is 1. The molecule has 1 aliphatic rings. The predicted molar refractivity (Wildman–Crippen MR) is 87.6 cm³/mol. The Kier molecular flexibility index (Phi) is 6.25. The summed E-state index contributed by atoms with van der Waals surface area (Å²) >= 11 is 0. The first-order valence-corrected chi connectivity index (χ1v) is 8.34. The summed E-state index contributed by atoms with van der Waals surface area (Å²) in [6, 6.07) is 6.18. The van der Waals surface area contributed by atoms with Gasteiger partial charge < -0.3 is 15.6 Å². The molecule has 1 atom stereocenters. The molecule has 2 rings (SSSR count). The monoisotopic (exact) mass is 305 g/mol. The number of hydrogen-bond donors (Lipinski definition) is 2. The molecule has 3 N–H and O–H groups in total. The van der Waals surface area contributed by atoms with Crippen LogP contribution in [0.15, 0.2) is 18.2 Å². The fourth-order valence-electron chi connectivity index (χ4n) is 3.22. The van der Waals surface area contributed by atoms with Crippen molar-refractivity contribution in [1.29, 1.82) is 0 Å². The van der Waals surface area contributed by atoms with Crippen LogP contribution in [0.5, 0.6) is 0 Å². The van der Waals surface area contributed by atoms with E-state index < -0.39 is 12.1 Å². The summed E-state index contributed by atoms with van der Waals surface area (Å²) in [7, 11) is 0. The lowest BCUT2D eigenvalue weighted by Crippen LogP contribution is -2.23. The van der Waals surface area contributed by atoms with Gasteiger partial charge in [0, 0.05) is 5.69 Å². The van der Waals surface area contributed by atoms with Gasteiger partial charge in [0.2, 0.25) is 0 Å². The van der Waals surface area contributed by atoms with Crippen LogP contribution in [-0.2, 0) is 16.0 Å². The van der Waals surface area contributed by atoms with Crippen molar-refractivity contribution in [3.63, 3.8) is 0 Å². The Morgan fingerprint density at radius 3 is 2.73 bits per heavy atom. The Morgan fingerprint density at radius 2 is 2.09 bits per heavy atom. The van der Waals surface area contributed by atoms with Gasteiger partial charge in [0.1, 0.15) is 0 Å². The smallest absolute Gasteiger partial charge is 0.334 e. The van der Waals surface area contributed by atoms with Gasteiger partial charge in [-0.05, 0) is 55.7 Å². The Balaban J connectivity index is 1.93. The Labute approximate surface area is 132 Å². The average Bonchev–Trinajstić information content (AvgIpc) is 2.53. The second-order valence-corrected chi connectivity index (χ2v) is 6.10. The topological polar surface area (TPSA) is 72.5 Å². The lowest BCUT2D eigenvalue weighted by Gasteiger charge is -2.23. The first-order valence-electron chi connectivity index (χ1n) is 8.34. The molecule has 1 saturated carbocycles. The summed E-state index contributed by atoms with van der Waals surface area (Å²) in [5.74, 6) is 0.0437. The van der Waals surface area contributed by atoms with Crippen molar-refractivity contribution in [3.05, 3.63) is 29.3 Å². The number of anilines is 1. The van der Waals surface area contributed by atoms with Crippen molar-refractivity contribution in [1.82, 2.24) is 0 Å². The van der Waals surface area contributed by atoms with Crippen molar-refractivity contribution in [2.45, 2.75) is 63.9 Å². The van der Waals surface area contributed by atoms with E-state index in [-0.39, 0.29) is 0 Å². The number of ether oxygens (including phenoxy) is 1. The Hall–Kier alpha value is -1.55. The summed E-state index contributed by atoms with van der Waals surface area (Å²) in [5, 5.41) is 9.73. The molecular formula is C18H27NO3. The molecule has 1 aromatic rings. The molecule has 0 amide bonds. The number of esters is 1. The molecule has 0 aromatic heterocycles. The molecule has 1 fully saturated rings. The molecule has 0 radical (unpaired) electrons. The van der Waals surface area contributed by atoms with Crippen LogP contribution >= 0.6 is 0 Å². The molecule has 1 unspecified atom stereocenters. The van der Waals surface area contributed by atoms with Gasteiger partial charge in [-0.3, -0.25) is 0 Å². The van der Waals surface area contributed by atoms with Gasteiger partial charge in [0.05, 0.1) is 6.61 Å². The average molecular weight is 305 g/mol. The van der Waals surface area contributed by atoms with E-state index in [1.807, 2.05) is 6.07 Å². The van der Waals surface area contributed by atoms with Gasteiger partial charge in [-0.25, -0.2) is 4.79 Å². The zero-order valence-electron chi connectivity index (χ0n) is 13.4. The third kappa shape index (κ3) is 4.47. The minimum atomic E-state index is -1.06. The van der Waals surface area contributed by atoms with Crippen LogP contribution in [0.2, 0.25) is 0 Å². The lowest BCUT2D eigenvalue weighted by molar-refractivity contribution is -0.153. The van der Waals surface area contributed by atoms with E-state index in [1.165, 1.54) is 37.7 Å². The minimum Gasteiger partial charge on any atom is -0.464 e. The zero-order chi connectivity index (χ0) is 15.9. The molecule has 0 spiro atoms. The van der Waals surface area contributed by atoms with Crippen LogP contribution in [0.25, 0.3) is 0 Å². The lowest BCUT2D eigenvalue weighted by atomic mass is 9.83. The normalized spacial score (nSPS) is 17.2. The molecule has 0 aliphatic heterocycles. The van der Waals surface area contributed by atoms with Crippen molar-refractivity contribution in [2.75, 3.05) is 12.3 Å². The summed E-state index contributed by atoms with van der Waals surface area (Å²) in [5.41, 5.74) is 9.37. The maximum absolute atomic E-state index is 11.4. The SMILES string of the molecule is CCOC(=O)C(O)CCc1ccc(C2CCCCC2)c(N)c1. The van der Waals surface area contributed by atoms with Crippen LogP contribution in [-0.4, -0.2) is 23.8 Å². The predicted octanol–water partition coefficient (Wildman–Crippen LogP) is 3.17. The molecular weight excluding hydrogens is 278 g/mol. The molecule has 22 heavy (non-hydrogen) atoms. The second kappa shape index (κ2) is 8.18. The van der Waals surface area contributed by atoms with Crippen molar-refractivity contribution in [3.8, 4) is 0 Å². The highest BCUT2D eigenvalue weighted by atomic mass is 16.5. The zero-order valence-corrected chi connectivity index (χ0v) is 13.4. The fourth-order valence-corrected chi connectivity index (χ4v) is 3.22. The number of carbonyl (C=O) groups is 1. The minimum absolute atomic E-state index is 0.291. The van der Waals surface area contributed by atoms with Crippen molar-refractivity contribution < 1.29 is 14.6 Å². The van der Waals surface area contributed by atoms with Crippen LogP contribution < -0.4 is 5.73 Å². The largest absolute Gasteiger partial charge is 0.464 e. The van der Waals surface area contributed by atoms with E-state index in [0.717, 1.165) is 11.3 Å². The van der Waals surface area contributed by atoms with E-state index in [9.17, 15) is 9.90 Å². The van der Waals surface area contributed by atoms with Gasteiger partial charge in [0.25, 0.3) is 0 Å². The molecule has 0 bridgehead atoms. The quantitative estimate of drug-likeness (QED) is 0.625. The Bertz CT molecular complexity index is 495. The van der Waals surface area contributed by atoms with Crippen LogP contribution in [0.4, 0.5) is 5.69 Å². The van der Waals surface area contributed by atoms with E-state index in [2.05, 4.69) is 12.1 Å². The summed E-state index contributed by atoms with van der Waals surface area (Å²) in [4.78, 5) is 11.4. The number of hydrogen-bond acceptors (Lipinski definition) is 4. The van der Waals surface area contributed by atoms with E-state index in [4.69, 9.17) is 10.5 Å². The van der Waals surface area contributed by atoms with Gasteiger partial charge >= 0.3 is 5.97 Å². The fraction of sp³-hybridized carbons (Fsp3) is 0.611. The van der Waals surface area contributed by atoms with E-state index >= 15 is 0 Å². The van der Waals surface area contributed by atoms with Crippen LogP contribution in [0, 0.1) is 0 Å². The Morgan fingerprint density at radius 1 is 1.36 bits per heavy atom. The second-order valence-electron chi connectivity index (χ2n) is 6.10. The van der Waals surface area contributed by atoms with Crippen LogP contribution in [0.1, 0.15) is 62.5 Å². The summed E-state index contributed by atoms with van der Waals surface area (Å²) in [6.45, 7) is 2.02. The number of aliphatic hydroxyl groups is 1. The maximum atomic E-state index is 11.4. The highest BCUT2D eigenvalue weighted by Gasteiger charge is 2.19. The summed E-state index contributed by atoms with van der Waals surface area (Å²) in [6.07, 6.45) is 6.29. The molecule has 1 aromatic carbocycles. The van der Waals surface area contributed by atoms with Crippen molar-refractivity contribution in [2.24, 2.45) is 0 Å². The summed E-state index contributed by atoms with van der Waals surface area (Å²) < 4.78 is 4.80. The number of nitrogens with two attached hydrogens (primary N) is 1. The molecule has 4 heteroatoms. The molecule has 0 heterocycles. The number of benzene rings is 1. The first kappa shape index (κ1) is 16.8. The standard InChI is InChI=1S/C18H27NO3/c1-2-22-18(21)17(20)11-9-13-8-10-15(16(19)12-13)14-6-4-3-5-7-14/h8,10,12,14,17,20H,2-7,9,11,19H2,1H3. The van der Waals surface area contributed by atoms with Gasteiger partial charge in [-0.15, -0.1) is 0 Å². The number of rotatable bonds is 6. The third-order valence-corrected chi connectivity index (χ3v) is 4.46. The highest BCUT2D eigenvalue weighted by Crippen LogP contribution is 2.35. The maximum Gasteiger partial charge on any atom is 0.334 e. The van der Waals surface area contributed by atoms with E-state index in [1.54, 1.807) is 6.92 Å². The van der Waals surface area contributed by atoms with Gasteiger partial charge in [0.15, 0.2) is 6.10 Å². The van der Waals surface area contributed by atoms with E-state index in [0.29, 0.717) is 25.4 Å². The highest BCUT2D eigenvalue weighted by molar-refractivity contribution is 5.74. The van der Waals surface area contributed by atoms with Crippen molar-refractivity contribution >= 4 is 11.7 Å². The van der Waals surface area contributed by atoms with Gasteiger partial charge in [-0.2, -0.15) is 0 Å². The first-order chi connectivity index (χ1) is 10.6. The van der Waals surface area contributed by atoms with Crippen LogP contribution in [0.3, 0.4) is 0 Å². The number of nitrogen functional groups attached to an aromatic ring is 1. The van der Waals surface area contributed by atoms with Gasteiger partial charge in [-0.1, -0.05) is 31.4 Å².